The van der Waals surface area contributed by atoms with Crippen LogP contribution in [0.25, 0.3) is 0 Å². The van der Waals surface area contributed by atoms with Crippen LogP contribution in [0.1, 0.15) is 17.2 Å². The average Bonchev–Trinajstić information content (AvgIpc) is 2.37. The Kier molecular flexibility index (Phi) is 4.45. The number of benzene rings is 2. The van der Waals surface area contributed by atoms with E-state index in [9.17, 15) is 4.39 Å². The Morgan fingerprint density at radius 3 is 2.47 bits per heavy atom. The number of halogens is 3. The molecule has 2 aromatic rings. The molecule has 0 bridgehead atoms. The summed E-state index contributed by atoms with van der Waals surface area (Å²) in [7, 11) is 1.56. The molecule has 100 valence electrons. The van der Waals surface area contributed by atoms with Gasteiger partial charge in [0, 0.05) is 15.1 Å². The number of hydrogen-bond donors (Lipinski definition) is 1. The quantitative estimate of drug-likeness (QED) is 0.901. The third-order valence-corrected chi connectivity index (χ3v) is 3.66. The highest BCUT2D eigenvalue weighted by Gasteiger charge is 2.17. The molecule has 0 radical (unpaired) electrons. The van der Waals surface area contributed by atoms with E-state index in [-0.39, 0.29) is 5.82 Å². The van der Waals surface area contributed by atoms with Crippen LogP contribution in [0.5, 0.6) is 5.75 Å². The Morgan fingerprint density at radius 2 is 1.89 bits per heavy atom. The molecule has 0 saturated carbocycles. The molecule has 0 heterocycles. The molecule has 19 heavy (non-hydrogen) atoms. The fourth-order valence-corrected chi connectivity index (χ4v) is 2.43. The Morgan fingerprint density at radius 1 is 1.21 bits per heavy atom. The van der Waals surface area contributed by atoms with Gasteiger partial charge in [0.2, 0.25) is 0 Å². The van der Waals surface area contributed by atoms with Crippen molar-refractivity contribution in [1.82, 2.24) is 0 Å². The van der Waals surface area contributed by atoms with Crippen molar-refractivity contribution in [1.29, 1.82) is 0 Å². The molecule has 0 aromatic heterocycles. The summed E-state index contributed by atoms with van der Waals surface area (Å²) in [5.41, 5.74) is 7.13. The lowest BCUT2D eigenvalue weighted by Gasteiger charge is -2.16. The summed E-state index contributed by atoms with van der Waals surface area (Å²) in [6.45, 7) is 0. The molecular formula is C14H12BrClFNO. The van der Waals surface area contributed by atoms with Gasteiger partial charge in [0.1, 0.15) is 11.6 Å². The molecule has 2 nitrogen and oxygen atoms in total. The molecule has 5 heteroatoms. The van der Waals surface area contributed by atoms with E-state index in [1.165, 1.54) is 6.07 Å². The molecule has 0 aliphatic heterocycles. The maximum Gasteiger partial charge on any atom is 0.129 e. The zero-order valence-electron chi connectivity index (χ0n) is 10.2. The number of rotatable bonds is 3. The Balaban J connectivity index is 2.41. The van der Waals surface area contributed by atoms with E-state index >= 15 is 0 Å². The fourth-order valence-electron chi connectivity index (χ4n) is 1.81. The standard InChI is InChI=1S/C14H12BrClFNO/c1-19-9-3-5-10(12(16)7-9)14(18)11-4-2-8(15)6-13(11)17/h2-7,14H,18H2,1H3. The minimum absolute atomic E-state index is 0.367. The number of methoxy groups -OCH3 is 1. The van der Waals surface area contributed by atoms with Crippen molar-refractivity contribution < 1.29 is 9.13 Å². The van der Waals surface area contributed by atoms with Crippen molar-refractivity contribution >= 4 is 27.5 Å². The molecule has 0 aliphatic rings. The van der Waals surface area contributed by atoms with Crippen LogP contribution in [0.4, 0.5) is 4.39 Å². The molecule has 2 aromatic carbocycles. The van der Waals surface area contributed by atoms with Gasteiger partial charge in [0.25, 0.3) is 0 Å². The molecular weight excluding hydrogens is 333 g/mol. The van der Waals surface area contributed by atoms with Gasteiger partial charge in [0.05, 0.1) is 13.2 Å². The van der Waals surface area contributed by atoms with Crippen molar-refractivity contribution in [3.05, 3.63) is 62.8 Å². The predicted octanol–water partition coefficient (Wildman–Crippen LogP) is 4.30. The largest absolute Gasteiger partial charge is 0.497 e. The molecule has 0 amide bonds. The molecule has 1 unspecified atom stereocenters. The van der Waals surface area contributed by atoms with Gasteiger partial charge < -0.3 is 10.5 Å². The van der Waals surface area contributed by atoms with Crippen LogP contribution >= 0.6 is 27.5 Å². The van der Waals surface area contributed by atoms with Gasteiger partial charge in [-0.2, -0.15) is 0 Å². The van der Waals surface area contributed by atoms with Crippen LogP contribution < -0.4 is 10.5 Å². The summed E-state index contributed by atoms with van der Waals surface area (Å²) in [5, 5.41) is 0.453. The van der Waals surface area contributed by atoms with Gasteiger partial charge in [-0.3, -0.25) is 0 Å². The summed E-state index contributed by atoms with van der Waals surface area (Å²) < 4.78 is 19.6. The molecule has 2 rings (SSSR count). The molecule has 1 atom stereocenters. The Bertz CT molecular complexity index is 606. The lowest BCUT2D eigenvalue weighted by atomic mass is 9.99. The number of hydrogen-bond acceptors (Lipinski definition) is 2. The van der Waals surface area contributed by atoms with Gasteiger partial charge in [-0.1, -0.05) is 39.7 Å². The first kappa shape index (κ1) is 14.3. The first-order valence-corrected chi connectivity index (χ1v) is 6.74. The van der Waals surface area contributed by atoms with E-state index in [2.05, 4.69) is 15.9 Å². The zero-order chi connectivity index (χ0) is 14.0. The predicted molar refractivity (Wildman–Crippen MR) is 78.1 cm³/mol. The summed E-state index contributed by atoms with van der Waals surface area (Å²) in [4.78, 5) is 0. The molecule has 2 N–H and O–H groups in total. The first-order valence-electron chi connectivity index (χ1n) is 5.57. The van der Waals surface area contributed by atoms with Crippen molar-refractivity contribution in [2.45, 2.75) is 6.04 Å². The van der Waals surface area contributed by atoms with E-state index in [1.54, 1.807) is 37.4 Å². The lowest BCUT2D eigenvalue weighted by molar-refractivity contribution is 0.414. The van der Waals surface area contributed by atoms with Crippen LogP contribution in [-0.4, -0.2) is 7.11 Å². The van der Waals surface area contributed by atoms with Crippen molar-refractivity contribution in [2.24, 2.45) is 5.73 Å². The maximum atomic E-state index is 13.9. The minimum Gasteiger partial charge on any atom is -0.497 e. The summed E-state index contributed by atoms with van der Waals surface area (Å²) in [6, 6.07) is 9.30. The normalized spacial score (nSPS) is 12.3. The summed E-state index contributed by atoms with van der Waals surface area (Å²) in [6.07, 6.45) is 0. The van der Waals surface area contributed by atoms with Crippen LogP contribution in [-0.2, 0) is 0 Å². The second-order valence-corrected chi connectivity index (χ2v) is 5.35. The van der Waals surface area contributed by atoms with Crippen molar-refractivity contribution in [3.63, 3.8) is 0 Å². The molecule has 0 saturated heterocycles. The zero-order valence-corrected chi connectivity index (χ0v) is 12.5. The van der Waals surface area contributed by atoms with Crippen LogP contribution in [0, 0.1) is 5.82 Å². The van der Waals surface area contributed by atoms with Crippen LogP contribution in [0.2, 0.25) is 5.02 Å². The highest BCUT2D eigenvalue weighted by molar-refractivity contribution is 9.10. The van der Waals surface area contributed by atoms with Gasteiger partial charge >= 0.3 is 0 Å². The SMILES string of the molecule is COc1ccc(C(N)c2ccc(Br)cc2F)c(Cl)c1. The topological polar surface area (TPSA) is 35.2 Å². The highest BCUT2D eigenvalue weighted by atomic mass is 79.9. The third kappa shape index (κ3) is 3.08. The van der Waals surface area contributed by atoms with E-state index in [1.807, 2.05) is 0 Å². The van der Waals surface area contributed by atoms with Gasteiger partial charge in [-0.15, -0.1) is 0 Å². The lowest BCUT2D eigenvalue weighted by Crippen LogP contribution is -2.14. The second-order valence-electron chi connectivity index (χ2n) is 4.03. The maximum absolute atomic E-state index is 13.9. The monoisotopic (exact) mass is 343 g/mol. The number of ether oxygens (including phenoxy) is 1. The highest BCUT2D eigenvalue weighted by Crippen LogP contribution is 2.31. The third-order valence-electron chi connectivity index (χ3n) is 2.84. The second kappa shape index (κ2) is 5.90. The van der Waals surface area contributed by atoms with Gasteiger partial charge in [-0.25, -0.2) is 4.39 Å². The molecule has 0 fully saturated rings. The Labute approximate surface area is 124 Å². The van der Waals surface area contributed by atoms with Crippen LogP contribution in [0.15, 0.2) is 40.9 Å². The van der Waals surface area contributed by atoms with E-state index in [0.717, 1.165) is 0 Å². The van der Waals surface area contributed by atoms with Gasteiger partial charge in [-0.05, 0) is 29.8 Å². The van der Waals surface area contributed by atoms with Crippen molar-refractivity contribution in [3.8, 4) is 5.75 Å². The molecule has 0 aliphatic carbocycles. The minimum atomic E-state index is -0.619. The number of nitrogens with two attached hydrogens (primary N) is 1. The van der Waals surface area contributed by atoms with E-state index in [0.29, 0.717) is 26.4 Å². The van der Waals surface area contributed by atoms with E-state index in [4.69, 9.17) is 22.1 Å². The first-order chi connectivity index (χ1) is 9.02. The fraction of sp³-hybridized carbons (Fsp3) is 0.143. The average molecular weight is 345 g/mol. The Hall–Kier alpha value is -1.10. The van der Waals surface area contributed by atoms with E-state index < -0.39 is 6.04 Å². The summed E-state index contributed by atoms with van der Waals surface area (Å²) in [5.74, 6) is 0.269. The van der Waals surface area contributed by atoms with Crippen LogP contribution in [0.3, 0.4) is 0 Å². The van der Waals surface area contributed by atoms with Gasteiger partial charge in [0.15, 0.2) is 0 Å². The smallest absolute Gasteiger partial charge is 0.129 e. The molecule has 0 spiro atoms. The van der Waals surface area contributed by atoms with Crippen molar-refractivity contribution in [2.75, 3.05) is 7.11 Å². The summed E-state index contributed by atoms with van der Waals surface area (Å²) >= 11 is 9.36.